The number of rotatable bonds is 5. The molecule has 2 aromatic carbocycles. The summed E-state index contributed by atoms with van der Waals surface area (Å²) >= 11 is 0.589. The number of para-hydroxylation sites is 1. The van der Waals surface area contributed by atoms with E-state index in [0.29, 0.717) is 16.7 Å². The lowest BCUT2D eigenvalue weighted by Gasteiger charge is -2.15. The van der Waals surface area contributed by atoms with Crippen LogP contribution >= 0.6 is 11.8 Å². The van der Waals surface area contributed by atoms with Crippen LogP contribution in [0.25, 0.3) is 6.08 Å². The van der Waals surface area contributed by atoms with E-state index in [1.54, 1.807) is 6.07 Å². The molecular weight excluding hydrogens is 387 g/mol. The fourth-order valence-electron chi connectivity index (χ4n) is 2.47. The van der Waals surface area contributed by atoms with E-state index >= 15 is 0 Å². The molecule has 0 radical (unpaired) electrons. The lowest BCUT2D eigenvalue weighted by Crippen LogP contribution is -2.36. The van der Waals surface area contributed by atoms with Gasteiger partial charge in [0.1, 0.15) is 12.4 Å². The van der Waals surface area contributed by atoms with Crippen LogP contribution in [0, 0.1) is 5.82 Å². The number of nitrogens with one attached hydrogen (secondary N) is 1. The molecule has 7 nitrogen and oxygen atoms in total. The van der Waals surface area contributed by atoms with Gasteiger partial charge in [0.05, 0.1) is 10.9 Å². The Hall–Kier alpha value is -3.46. The Morgan fingerprint density at radius 3 is 2.50 bits per heavy atom. The number of hydrogen-bond donors (Lipinski definition) is 1. The Morgan fingerprint density at radius 2 is 1.79 bits per heavy atom. The zero-order valence-electron chi connectivity index (χ0n) is 14.2. The van der Waals surface area contributed by atoms with Crippen molar-refractivity contribution in [2.45, 2.75) is 0 Å². The van der Waals surface area contributed by atoms with E-state index in [2.05, 4.69) is 5.32 Å². The van der Waals surface area contributed by atoms with Crippen LogP contribution in [0.3, 0.4) is 0 Å². The highest BCUT2D eigenvalue weighted by atomic mass is 32.2. The average molecular weight is 399 g/mol. The summed E-state index contributed by atoms with van der Waals surface area (Å²) in [6.45, 7) is -0.610. The van der Waals surface area contributed by atoms with E-state index in [0.717, 1.165) is 0 Å². The fraction of sp³-hybridized carbons (Fsp3) is 0.0526. The summed E-state index contributed by atoms with van der Waals surface area (Å²) in [4.78, 5) is 48.4. The Kier molecular flexibility index (Phi) is 5.55. The zero-order valence-corrected chi connectivity index (χ0v) is 15.0. The first-order chi connectivity index (χ1) is 13.4. The number of thioether (sulfide) groups is 1. The molecule has 9 heteroatoms. The topological polar surface area (TPSA) is 107 Å². The van der Waals surface area contributed by atoms with E-state index in [1.165, 1.54) is 48.5 Å². The van der Waals surface area contributed by atoms with Crippen molar-refractivity contribution < 1.29 is 28.7 Å². The molecule has 0 aromatic heterocycles. The van der Waals surface area contributed by atoms with Gasteiger partial charge in [0.25, 0.3) is 11.1 Å². The van der Waals surface area contributed by atoms with Crippen LogP contribution in [-0.2, 0) is 9.59 Å². The van der Waals surface area contributed by atoms with Crippen molar-refractivity contribution in [3.63, 3.8) is 0 Å². The van der Waals surface area contributed by atoms with Gasteiger partial charge in [0.15, 0.2) is 0 Å². The summed E-state index contributed by atoms with van der Waals surface area (Å²) in [5.74, 6) is -3.52. The van der Waals surface area contributed by atoms with Crippen LogP contribution in [0.1, 0.15) is 15.9 Å². The number of amides is 3. The molecule has 0 aliphatic carbocycles. The summed E-state index contributed by atoms with van der Waals surface area (Å²) in [6, 6.07) is 11.3. The minimum absolute atomic E-state index is 0.0126. The summed E-state index contributed by atoms with van der Waals surface area (Å²) in [5, 5.41) is 12.7. The second-order valence-electron chi connectivity index (χ2n) is 5.67. The van der Waals surface area contributed by atoms with Gasteiger partial charge in [-0.2, -0.15) is 0 Å². The third-order valence-electron chi connectivity index (χ3n) is 3.79. The summed E-state index contributed by atoms with van der Waals surface area (Å²) in [6.07, 6.45) is 1.24. The van der Waals surface area contributed by atoms with Crippen LogP contribution in [0.5, 0.6) is 0 Å². The third kappa shape index (κ3) is 4.09. The Labute approximate surface area is 162 Å². The normalized spacial score (nSPS) is 15.2. The Morgan fingerprint density at radius 1 is 1.11 bits per heavy atom. The van der Waals surface area contributed by atoms with Gasteiger partial charge in [-0.3, -0.25) is 19.3 Å². The molecule has 1 N–H and O–H groups in total. The first-order valence-electron chi connectivity index (χ1n) is 7.97. The van der Waals surface area contributed by atoms with Crippen molar-refractivity contribution in [2.75, 3.05) is 11.9 Å². The number of nitrogens with zero attached hydrogens (tertiary/aromatic N) is 1. The molecule has 1 saturated heterocycles. The van der Waals surface area contributed by atoms with E-state index in [9.17, 15) is 28.7 Å². The molecule has 142 valence electrons. The Bertz CT molecular complexity index is 1020. The largest absolute Gasteiger partial charge is 0.545 e. The van der Waals surface area contributed by atoms with Gasteiger partial charge in [0, 0.05) is 16.8 Å². The van der Waals surface area contributed by atoms with Crippen LogP contribution < -0.4 is 10.4 Å². The van der Waals surface area contributed by atoms with Crippen molar-refractivity contribution >= 4 is 46.5 Å². The van der Waals surface area contributed by atoms with Crippen LogP contribution in [0.15, 0.2) is 53.4 Å². The number of benzene rings is 2. The molecule has 0 saturated carbocycles. The number of halogens is 1. The monoisotopic (exact) mass is 399 g/mol. The van der Waals surface area contributed by atoms with Gasteiger partial charge in [0.2, 0.25) is 5.91 Å². The van der Waals surface area contributed by atoms with Crippen LogP contribution in [0.2, 0.25) is 0 Å². The predicted molar refractivity (Wildman–Crippen MR) is 98.5 cm³/mol. The number of carboxylic acids is 1. The minimum atomic E-state index is -1.48. The second-order valence-corrected chi connectivity index (χ2v) is 6.66. The highest BCUT2D eigenvalue weighted by Gasteiger charge is 2.36. The number of hydrogen-bond acceptors (Lipinski definition) is 6. The lowest BCUT2D eigenvalue weighted by molar-refractivity contribution is -0.254. The van der Waals surface area contributed by atoms with Crippen molar-refractivity contribution in [3.8, 4) is 0 Å². The molecule has 1 heterocycles. The van der Waals surface area contributed by atoms with Crippen molar-refractivity contribution in [1.82, 2.24) is 4.90 Å². The van der Waals surface area contributed by atoms with Gasteiger partial charge in [-0.05, 0) is 30.0 Å². The van der Waals surface area contributed by atoms with Gasteiger partial charge < -0.3 is 15.2 Å². The Balaban J connectivity index is 1.74. The number of aromatic carboxylic acids is 1. The maximum Gasteiger partial charge on any atom is 0.294 e. The molecule has 0 bridgehead atoms. The smallest absolute Gasteiger partial charge is 0.294 e. The van der Waals surface area contributed by atoms with Gasteiger partial charge in [-0.1, -0.05) is 36.4 Å². The average Bonchev–Trinajstić information content (AvgIpc) is 2.91. The SMILES string of the molecule is O=C(CN1C(=O)S/C(=C/c2ccccc2F)C1=O)Nc1ccccc1C(=O)[O-]. The maximum absolute atomic E-state index is 13.7. The van der Waals surface area contributed by atoms with Crippen molar-refractivity contribution in [3.05, 3.63) is 70.4 Å². The number of anilines is 1. The van der Waals surface area contributed by atoms with Crippen molar-refractivity contribution in [2.24, 2.45) is 0 Å². The summed E-state index contributed by atoms with van der Waals surface area (Å²) in [5.41, 5.74) is -0.105. The van der Waals surface area contributed by atoms with Crippen molar-refractivity contribution in [1.29, 1.82) is 0 Å². The first kappa shape index (κ1) is 19.3. The van der Waals surface area contributed by atoms with E-state index < -0.39 is 35.4 Å². The molecule has 3 amide bonds. The molecule has 28 heavy (non-hydrogen) atoms. The fourth-order valence-corrected chi connectivity index (χ4v) is 3.30. The molecular formula is C19H12FN2O5S-. The van der Waals surface area contributed by atoms with Gasteiger partial charge >= 0.3 is 0 Å². The van der Waals surface area contributed by atoms with E-state index in [-0.39, 0.29) is 21.7 Å². The first-order valence-corrected chi connectivity index (χ1v) is 8.78. The number of imide groups is 1. The molecule has 0 unspecified atom stereocenters. The quantitative estimate of drug-likeness (QED) is 0.770. The van der Waals surface area contributed by atoms with Crippen LogP contribution in [-0.4, -0.2) is 34.5 Å². The lowest BCUT2D eigenvalue weighted by atomic mass is 10.2. The molecule has 1 aliphatic rings. The second kappa shape index (κ2) is 8.05. The van der Waals surface area contributed by atoms with Gasteiger partial charge in [-0.25, -0.2) is 4.39 Å². The molecule has 0 spiro atoms. The predicted octanol–water partition coefficient (Wildman–Crippen LogP) is 1.86. The molecule has 1 aliphatic heterocycles. The molecule has 3 rings (SSSR count). The molecule has 0 atom stereocenters. The zero-order chi connectivity index (χ0) is 20.3. The van der Waals surface area contributed by atoms with E-state index in [1.807, 2.05) is 0 Å². The number of carbonyl (C=O) groups excluding carboxylic acids is 4. The number of carboxylic acid groups (broad SMARTS) is 1. The van der Waals surface area contributed by atoms with Crippen LogP contribution in [0.4, 0.5) is 14.9 Å². The van der Waals surface area contributed by atoms with Gasteiger partial charge in [-0.15, -0.1) is 0 Å². The number of carbonyl (C=O) groups is 4. The highest BCUT2D eigenvalue weighted by molar-refractivity contribution is 8.18. The van der Waals surface area contributed by atoms with E-state index in [4.69, 9.17) is 0 Å². The highest BCUT2D eigenvalue weighted by Crippen LogP contribution is 2.32. The molecule has 2 aromatic rings. The summed E-state index contributed by atoms with van der Waals surface area (Å²) in [7, 11) is 0. The minimum Gasteiger partial charge on any atom is -0.545 e. The summed E-state index contributed by atoms with van der Waals surface area (Å²) < 4.78 is 13.7. The standard InChI is InChI=1S/C19H13FN2O5S/c20-13-7-3-1-5-11(13)9-15-17(24)22(19(27)28-15)10-16(23)21-14-8-4-2-6-12(14)18(25)26/h1-9H,10H2,(H,21,23)(H,25,26)/p-1/b15-9+. The maximum atomic E-state index is 13.7. The third-order valence-corrected chi connectivity index (χ3v) is 4.70. The molecule has 1 fully saturated rings.